The number of carbonyl (C=O) groups is 5. The van der Waals surface area contributed by atoms with E-state index in [0.717, 1.165) is 0 Å². The van der Waals surface area contributed by atoms with E-state index in [1.807, 2.05) is 27.7 Å². The van der Waals surface area contributed by atoms with Crippen molar-refractivity contribution in [2.24, 2.45) is 23.5 Å². The normalized spacial score (nSPS) is 13.3. The third kappa shape index (κ3) is 16.4. The zero-order chi connectivity index (χ0) is 28.5. The van der Waals surface area contributed by atoms with Crippen LogP contribution in [0.2, 0.25) is 0 Å². The van der Waals surface area contributed by atoms with Crippen LogP contribution >= 0.6 is 12.6 Å². The molecular weight excluding hydrogens is 502 g/mol. The minimum Gasteiger partial charge on any atom is -0.480 e. The second-order valence-electron chi connectivity index (χ2n) is 9.64. The molecule has 1 unspecified atom stereocenters. The lowest BCUT2D eigenvalue weighted by Gasteiger charge is -2.23. The first-order valence-electron chi connectivity index (χ1n) is 12.3. The van der Waals surface area contributed by atoms with Gasteiger partial charge >= 0.3 is 5.97 Å². The predicted molar refractivity (Wildman–Crippen MR) is 143 cm³/mol. The molecule has 0 aliphatic heterocycles. The van der Waals surface area contributed by atoms with Crippen molar-refractivity contribution < 1.29 is 29.1 Å². The molecule has 14 heteroatoms. The van der Waals surface area contributed by atoms with Crippen molar-refractivity contribution in [1.82, 2.24) is 26.6 Å². The highest BCUT2D eigenvalue weighted by atomic mass is 32.1. The fourth-order valence-corrected chi connectivity index (χ4v) is 3.71. The van der Waals surface area contributed by atoms with Gasteiger partial charge in [0.2, 0.25) is 23.6 Å². The Hall–Kier alpha value is -3.03. The van der Waals surface area contributed by atoms with Crippen molar-refractivity contribution in [3.05, 3.63) is 0 Å². The summed E-state index contributed by atoms with van der Waals surface area (Å²) in [6.07, 6.45) is 1.32. The Kier molecular flexibility index (Phi) is 16.8. The summed E-state index contributed by atoms with van der Waals surface area (Å²) >= 11 is 4.18. The van der Waals surface area contributed by atoms with Gasteiger partial charge in [-0.2, -0.15) is 12.6 Å². The number of carboxylic acid groups (broad SMARTS) is 1. The van der Waals surface area contributed by atoms with Crippen molar-refractivity contribution in [3.8, 4) is 0 Å². The Labute approximate surface area is 223 Å². The molecule has 0 aromatic rings. The van der Waals surface area contributed by atoms with Gasteiger partial charge in [0.05, 0.1) is 13.1 Å². The molecule has 0 aliphatic carbocycles. The molecule has 9 N–H and O–H groups in total. The second kappa shape index (κ2) is 18.3. The molecule has 0 spiro atoms. The van der Waals surface area contributed by atoms with E-state index in [1.54, 1.807) is 0 Å². The zero-order valence-corrected chi connectivity index (χ0v) is 23.0. The molecule has 37 heavy (non-hydrogen) atoms. The minimum atomic E-state index is -1.23. The van der Waals surface area contributed by atoms with Gasteiger partial charge in [-0.15, -0.1) is 0 Å². The summed E-state index contributed by atoms with van der Waals surface area (Å²) < 4.78 is 0. The highest BCUT2D eigenvalue weighted by Crippen LogP contribution is 2.13. The van der Waals surface area contributed by atoms with Crippen LogP contribution in [-0.4, -0.2) is 78.1 Å². The fraction of sp³-hybridized carbons (Fsp3) is 0.739. The van der Waals surface area contributed by atoms with Crippen molar-refractivity contribution in [2.45, 2.75) is 65.5 Å². The molecule has 0 bridgehead atoms. The zero-order valence-electron chi connectivity index (χ0n) is 22.1. The van der Waals surface area contributed by atoms with E-state index < -0.39 is 42.3 Å². The quantitative estimate of drug-likeness (QED) is 0.0457. The summed E-state index contributed by atoms with van der Waals surface area (Å²) in [5, 5.41) is 29.0. The number of amides is 4. The smallest absolute Gasteiger partial charge is 0.326 e. The first-order valence-corrected chi connectivity index (χ1v) is 13.0. The Balaban J connectivity index is 4.81. The van der Waals surface area contributed by atoms with Crippen LogP contribution < -0.4 is 32.3 Å². The van der Waals surface area contributed by atoms with Crippen molar-refractivity contribution in [1.29, 1.82) is 5.41 Å². The van der Waals surface area contributed by atoms with Crippen LogP contribution in [0.15, 0.2) is 0 Å². The topological polar surface area (TPSA) is 216 Å². The fourth-order valence-electron chi connectivity index (χ4n) is 3.39. The number of hydrogen-bond acceptors (Lipinski definition) is 7. The van der Waals surface area contributed by atoms with Gasteiger partial charge < -0.3 is 37.4 Å². The largest absolute Gasteiger partial charge is 0.480 e. The summed E-state index contributed by atoms with van der Waals surface area (Å²) in [5.41, 5.74) is 5.19. The Morgan fingerprint density at radius 1 is 0.838 bits per heavy atom. The summed E-state index contributed by atoms with van der Waals surface area (Å²) in [7, 11) is 0. The summed E-state index contributed by atoms with van der Waals surface area (Å²) in [4.78, 5) is 61.0. The lowest BCUT2D eigenvalue weighted by molar-refractivity contribution is -0.142. The SMILES string of the molecule is CC(C)CC(CS)C(=O)NCC(=O)NCC(=O)N[C@@H](CC(C)C)C(=O)N[C@@H](CCCNC(=N)N)C(=O)O. The number of carboxylic acids is 1. The standard InChI is InChI=1S/C23H43N7O6S/c1-13(2)8-15(12-37)20(33)28-10-18(31)27-11-19(32)29-17(9-14(3)4)21(34)30-16(22(35)36)6-5-7-26-23(24)25/h13-17,37H,5-12H2,1-4H3,(H,27,31)(H,28,33)(H,29,32)(H,30,34)(H,35,36)(H4,24,25,26)/t15?,16-,17-/m0/s1. The molecule has 0 aliphatic rings. The van der Waals surface area contributed by atoms with Crippen LogP contribution in [0, 0.1) is 23.2 Å². The van der Waals surface area contributed by atoms with Crippen LogP contribution in [0.3, 0.4) is 0 Å². The highest BCUT2D eigenvalue weighted by molar-refractivity contribution is 7.80. The molecule has 0 radical (unpaired) electrons. The lowest BCUT2D eigenvalue weighted by Crippen LogP contribution is -2.53. The maximum atomic E-state index is 12.8. The van der Waals surface area contributed by atoms with Gasteiger partial charge in [0.1, 0.15) is 12.1 Å². The summed E-state index contributed by atoms with van der Waals surface area (Å²) in [6, 6.07) is -2.19. The molecule has 13 nitrogen and oxygen atoms in total. The lowest BCUT2D eigenvalue weighted by atomic mass is 9.98. The number of nitrogens with two attached hydrogens (primary N) is 1. The summed E-state index contributed by atoms with van der Waals surface area (Å²) in [5.74, 6) is -3.28. The third-order valence-corrected chi connectivity index (χ3v) is 5.62. The van der Waals surface area contributed by atoms with Crippen LogP contribution in [-0.2, 0) is 24.0 Å². The number of hydrogen-bond donors (Lipinski definition) is 9. The number of rotatable bonds is 18. The molecule has 0 saturated carbocycles. The average Bonchev–Trinajstić information content (AvgIpc) is 2.80. The van der Waals surface area contributed by atoms with Crippen LogP contribution in [0.25, 0.3) is 0 Å². The molecule has 0 aromatic heterocycles. The van der Waals surface area contributed by atoms with Gasteiger partial charge in [-0.3, -0.25) is 24.6 Å². The van der Waals surface area contributed by atoms with E-state index in [0.29, 0.717) is 24.5 Å². The summed E-state index contributed by atoms with van der Waals surface area (Å²) in [6.45, 7) is 7.21. The predicted octanol–water partition coefficient (Wildman–Crippen LogP) is -0.826. The first kappa shape index (κ1) is 34.0. The van der Waals surface area contributed by atoms with Gasteiger partial charge in [-0.1, -0.05) is 27.7 Å². The molecule has 0 rings (SSSR count). The van der Waals surface area contributed by atoms with Crippen molar-refractivity contribution in [2.75, 3.05) is 25.4 Å². The van der Waals surface area contributed by atoms with E-state index in [1.165, 1.54) is 0 Å². The monoisotopic (exact) mass is 545 g/mol. The average molecular weight is 546 g/mol. The van der Waals surface area contributed by atoms with Gasteiger partial charge in [-0.05, 0) is 37.5 Å². The number of thiol groups is 1. The maximum absolute atomic E-state index is 12.8. The maximum Gasteiger partial charge on any atom is 0.326 e. The number of nitrogens with one attached hydrogen (secondary N) is 6. The molecule has 4 amide bonds. The van der Waals surface area contributed by atoms with Gasteiger partial charge in [-0.25, -0.2) is 4.79 Å². The van der Waals surface area contributed by atoms with Gasteiger partial charge in [0.15, 0.2) is 5.96 Å². The van der Waals surface area contributed by atoms with Crippen LogP contribution in [0.1, 0.15) is 53.4 Å². The van der Waals surface area contributed by atoms with E-state index in [2.05, 4.69) is 39.2 Å². The van der Waals surface area contributed by atoms with E-state index >= 15 is 0 Å². The Morgan fingerprint density at radius 3 is 1.95 bits per heavy atom. The molecule has 0 heterocycles. The van der Waals surface area contributed by atoms with Crippen molar-refractivity contribution in [3.63, 3.8) is 0 Å². The molecule has 0 aromatic carbocycles. The molecule has 0 saturated heterocycles. The van der Waals surface area contributed by atoms with E-state index in [-0.39, 0.29) is 49.6 Å². The molecule has 0 fully saturated rings. The number of guanidine groups is 1. The highest BCUT2D eigenvalue weighted by Gasteiger charge is 2.27. The van der Waals surface area contributed by atoms with E-state index in [9.17, 15) is 29.1 Å². The Morgan fingerprint density at radius 2 is 1.43 bits per heavy atom. The van der Waals surface area contributed by atoms with E-state index in [4.69, 9.17) is 11.1 Å². The molecule has 212 valence electrons. The first-order chi connectivity index (χ1) is 17.3. The van der Waals surface area contributed by atoms with Crippen LogP contribution in [0.4, 0.5) is 0 Å². The molecular formula is C23H43N7O6S. The Bertz CT molecular complexity index is 794. The third-order valence-electron chi connectivity index (χ3n) is 5.17. The number of carbonyl (C=O) groups excluding carboxylic acids is 4. The van der Waals surface area contributed by atoms with Gasteiger partial charge in [0, 0.05) is 18.2 Å². The molecule has 3 atom stereocenters. The van der Waals surface area contributed by atoms with Crippen molar-refractivity contribution >= 4 is 48.2 Å². The number of aliphatic carboxylic acids is 1. The second-order valence-corrected chi connectivity index (χ2v) is 10.0. The minimum absolute atomic E-state index is 0.00881. The van der Waals surface area contributed by atoms with Gasteiger partial charge in [0.25, 0.3) is 0 Å². The van der Waals surface area contributed by atoms with Crippen LogP contribution in [0.5, 0.6) is 0 Å².